The van der Waals surface area contributed by atoms with Gasteiger partial charge in [-0.1, -0.05) is 0 Å². The molecular formula is C18H25N5O2. The third-order valence-corrected chi connectivity index (χ3v) is 5.66. The maximum Gasteiger partial charge on any atom is 0.228 e. The first-order valence-corrected chi connectivity index (χ1v) is 9.20. The molecule has 4 rings (SSSR count). The molecule has 0 bridgehead atoms. The van der Waals surface area contributed by atoms with E-state index >= 15 is 0 Å². The fourth-order valence-corrected chi connectivity index (χ4v) is 4.08. The van der Waals surface area contributed by atoms with Crippen molar-refractivity contribution in [3.05, 3.63) is 23.3 Å². The van der Waals surface area contributed by atoms with E-state index in [0.29, 0.717) is 32.0 Å². The average Bonchev–Trinajstić information content (AvgIpc) is 2.99. The first kappa shape index (κ1) is 16.4. The number of aromatic nitrogens is 2. The predicted octanol–water partition coefficient (Wildman–Crippen LogP) is 0.307. The molecule has 0 aliphatic carbocycles. The number of amides is 2. The van der Waals surface area contributed by atoms with Crippen molar-refractivity contribution in [1.29, 1.82) is 0 Å². The van der Waals surface area contributed by atoms with Crippen LogP contribution in [0.1, 0.15) is 42.3 Å². The molecule has 1 aromatic heterocycles. The molecule has 0 unspecified atom stereocenters. The number of hydrogen-bond donors (Lipinski definition) is 1. The zero-order chi connectivity index (χ0) is 17.4. The minimum absolute atomic E-state index is 0.0608. The van der Waals surface area contributed by atoms with E-state index < -0.39 is 0 Å². The second kappa shape index (κ2) is 6.71. The monoisotopic (exact) mass is 343 g/mol. The van der Waals surface area contributed by atoms with Gasteiger partial charge in [-0.15, -0.1) is 0 Å². The molecule has 0 aromatic carbocycles. The summed E-state index contributed by atoms with van der Waals surface area (Å²) in [6, 6.07) is 0. The van der Waals surface area contributed by atoms with Crippen molar-refractivity contribution < 1.29 is 9.59 Å². The highest BCUT2D eigenvalue weighted by atomic mass is 16.2. The lowest BCUT2D eigenvalue weighted by Crippen LogP contribution is -2.41. The Morgan fingerprint density at radius 1 is 1.32 bits per heavy atom. The van der Waals surface area contributed by atoms with E-state index in [1.165, 1.54) is 0 Å². The summed E-state index contributed by atoms with van der Waals surface area (Å²) in [5, 5.41) is 3.37. The lowest BCUT2D eigenvalue weighted by Gasteiger charge is -2.30. The quantitative estimate of drug-likeness (QED) is 0.836. The number of piperidine rings is 1. The van der Waals surface area contributed by atoms with Crippen LogP contribution in [0.3, 0.4) is 0 Å². The zero-order valence-electron chi connectivity index (χ0n) is 14.7. The normalized spacial score (nSPS) is 24.5. The van der Waals surface area contributed by atoms with Gasteiger partial charge in [-0.25, -0.2) is 9.97 Å². The molecular weight excluding hydrogens is 318 g/mol. The molecule has 3 aliphatic heterocycles. The van der Waals surface area contributed by atoms with Crippen LogP contribution >= 0.6 is 0 Å². The van der Waals surface area contributed by atoms with E-state index in [1.54, 1.807) is 11.9 Å². The number of likely N-dealkylation sites (tertiary alicyclic amines) is 1. The Hall–Kier alpha value is -2.02. The standard InChI is InChI=1S/C18H25N5O2/c1-22-10-13(8-16(22)24)18(25)23-7-4-15-14(11-23)9-20-17(21-15)12-2-5-19-6-3-12/h9,12-13,19H,2-8,10-11H2,1H3/t13-/m0/s1. The molecule has 0 spiro atoms. The maximum absolute atomic E-state index is 12.7. The van der Waals surface area contributed by atoms with Gasteiger partial charge in [-0.2, -0.15) is 0 Å². The third-order valence-electron chi connectivity index (χ3n) is 5.66. The van der Waals surface area contributed by atoms with E-state index in [0.717, 1.165) is 49.4 Å². The number of fused-ring (bicyclic) bond motifs is 1. The van der Waals surface area contributed by atoms with Crippen molar-refractivity contribution in [2.24, 2.45) is 5.92 Å². The van der Waals surface area contributed by atoms with Crippen LogP contribution in [-0.2, 0) is 22.6 Å². The highest BCUT2D eigenvalue weighted by molar-refractivity contribution is 5.89. The Morgan fingerprint density at radius 2 is 2.12 bits per heavy atom. The molecule has 2 saturated heterocycles. The molecule has 2 amide bonds. The largest absolute Gasteiger partial charge is 0.345 e. The number of carbonyl (C=O) groups excluding carboxylic acids is 2. The lowest BCUT2D eigenvalue weighted by molar-refractivity contribution is -0.136. The van der Waals surface area contributed by atoms with Crippen LogP contribution in [0, 0.1) is 5.92 Å². The second-order valence-corrected chi connectivity index (χ2v) is 7.41. The summed E-state index contributed by atoms with van der Waals surface area (Å²) in [6.07, 6.45) is 5.20. The molecule has 7 nitrogen and oxygen atoms in total. The second-order valence-electron chi connectivity index (χ2n) is 7.41. The van der Waals surface area contributed by atoms with Gasteiger partial charge in [0.2, 0.25) is 11.8 Å². The Balaban J connectivity index is 1.44. The first-order chi connectivity index (χ1) is 12.1. The SMILES string of the molecule is CN1C[C@@H](C(=O)N2CCc3nc(C4CCNCC4)ncc3C2)CC1=O. The van der Waals surface area contributed by atoms with E-state index in [-0.39, 0.29) is 17.7 Å². The Morgan fingerprint density at radius 3 is 2.84 bits per heavy atom. The summed E-state index contributed by atoms with van der Waals surface area (Å²) in [4.78, 5) is 37.3. The maximum atomic E-state index is 12.7. The summed E-state index contributed by atoms with van der Waals surface area (Å²) in [5.41, 5.74) is 2.14. The third kappa shape index (κ3) is 3.25. The van der Waals surface area contributed by atoms with Crippen LogP contribution in [0.25, 0.3) is 0 Å². The van der Waals surface area contributed by atoms with Crippen molar-refractivity contribution in [2.45, 2.75) is 38.1 Å². The average molecular weight is 343 g/mol. The Bertz CT molecular complexity index is 686. The minimum Gasteiger partial charge on any atom is -0.345 e. The molecule has 3 aliphatic rings. The Kier molecular flexibility index (Phi) is 4.41. The summed E-state index contributed by atoms with van der Waals surface area (Å²) in [6.45, 7) is 3.84. The van der Waals surface area contributed by atoms with E-state index in [4.69, 9.17) is 4.98 Å². The van der Waals surface area contributed by atoms with Gasteiger partial charge < -0.3 is 15.1 Å². The van der Waals surface area contributed by atoms with Gasteiger partial charge in [0.25, 0.3) is 0 Å². The van der Waals surface area contributed by atoms with Crippen molar-refractivity contribution >= 4 is 11.8 Å². The Labute approximate surface area is 147 Å². The minimum atomic E-state index is -0.200. The molecule has 1 aromatic rings. The molecule has 1 atom stereocenters. The molecule has 1 N–H and O–H groups in total. The van der Waals surface area contributed by atoms with E-state index in [9.17, 15) is 9.59 Å². The van der Waals surface area contributed by atoms with Gasteiger partial charge in [0.1, 0.15) is 5.82 Å². The number of rotatable bonds is 2. The van der Waals surface area contributed by atoms with Crippen LogP contribution in [0.4, 0.5) is 0 Å². The predicted molar refractivity (Wildman–Crippen MR) is 91.7 cm³/mol. The summed E-state index contributed by atoms with van der Waals surface area (Å²) >= 11 is 0. The van der Waals surface area contributed by atoms with Gasteiger partial charge in [-0.3, -0.25) is 9.59 Å². The number of nitrogens with zero attached hydrogens (tertiary/aromatic N) is 4. The zero-order valence-corrected chi connectivity index (χ0v) is 14.7. The van der Waals surface area contributed by atoms with Crippen LogP contribution in [0.5, 0.6) is 0 Å². The van der Waals surface area contributed by atoms with Gasteiger partial charge in [0, 0.05) is 57.2 Å². The highest BCUT2D eigenvalue weighted by Gasteiger charge is 2.36. The summed E-state index contributed by atoms with van der Waals surface area (Å²) < 4.78 is 0. The molecule has 0 radical (unpaired) electrons. The van der Waals surface area contributed by atoms with Crippen LogP contribution < -0.4 is 5.32 Å². The topological polar surface area (TPSA) is 78.4 Å². The van der Waals surface area contributed by atoms with Gasteiger partial charge >= 0.3 is 0 Å². The first-order valence-electron chi connectivity index (χ1n) is 9.20. The number of nitrogens with one attached hydrogen (secondary N) is 1. The molecule has 7 heteroatoms. The van der Waals surface area contributed by atoms with Gasteiger partial charge in [0.15, 0.2) is 0 Å². The fraction of sp³-hybridized carbons (Fsp3) is 0.667. The van der Waals surface area contributed by atoms with Crippen LogP contribution in [0.2, 0.25) is 0 Å². The van der Waals surface area contributed by atoms with Gasteiger partial charge in [-0.05, 0) is 25.9 Å². The van der Waals surface area contributed by atoms with Crippen LogP contribution in [-0.4, -0.2) is 64.8 Å². The summed E-state index contributed by atoms with van der Waals surface area (Å²) in [7, 11) is 1.76. The fourth-order valence-electron chi connectivity index (χ4n) is 4.08. The number of hydrogen-bond acceptors (Lipinski definition) is 5. The molecule has 0 saturated carbocycles. The molecule has 4 heterocycles. The van der Waals surface area contributed by atoms with Crippen LogP contribution in [0.15, 0.2) is 6.20 Å². The van der Waals surface area contributed by atoms with E-state index in [2.05, 4.69) is 10.3 Å². The van der Waals surface area contributed by atoms with Crippen molar-refractivity contribution in [2.75, 3.05) is 33.2 Å². The van der Waals surface area contributed by atoms with Crippen molar-refractivity contribution in [3.8, 4) is 0 Å². The van der Waals surface area contributed by atoms with Crippen molar-refractivity contribution in [1.82, 2.24) is 25.1 Å². The number of carbonyl (C=O) groups is 2. The highest BCUT2D eigenvalue weighted by Crippen LogP contribution is 2.26. The summed E-state index contributed by atoms with van der Waals surface area (Å²) in [5.74, 6) is 1.36. The van der Waals surface area contributed by atoms with Gasteiger partial charge in [0.05, 0.1) is 11.6 Å². The van der Waals surface area contributed by atoms with E-state index in [1.807, 2.05) is 11.1 Å². The molecule has 2 fully saturated rings. The molecule has 134 valence electrons. The smallest absolute Gasteiger partial charge is 0.228 e. The molecule has 25 heavy (non-hydrogen) atoms. The van der Waals surface area contributed by atoms with Crippen molar-refractivity contribution in [3.63, 3.8) is 0 Å². The lowest BCUT2D eigenvalue weighted by atomic mass is 9.96.